The fraction of sp³-hybridized carbons (Fsp3) is 0.212. The molecule has 0 atom stereocenters. The van der Waals surface area contributed by atoms with Crippen LogP contribution < -0.4 is 10.0 Å². The average molecular weight is 624 g/mol. The van der Waals surface area contributed by atoms with E-state index in [1.165, 1.54) is 12.1 Å². The predicted molar refractivity (Wildman–Crippen MR) is 172 cm³/mol. The maximum atomic E-state index is 14.6. The third kappa shape index (κ3) is 6.06. The molecule has 0 unspecified atom stereocenters. The van der Waals surface area contributed by atoms with Gasteiger partial charge in [0, 0.05) is 35.1 Å². The summed E-state index contributed by atoms with van der Waals surface area (Å²) in [6, 6.07) is 17.8. The number of anilines is 1. The Balaban J connectivity index is 1.22. The first-order valence-corrected chi connectivity index (χ1v) is 16.6. The van der Waals surface area contributed by atoms with Gasteiger partial charge in [0.25, 0.3) is 0 Å². The molecule has 10 nitrogen and oxygen atoms in total. The van der Waals surface area contributed by atoms with E-state index >= 15 is 0 Å². The second kappa shape index (κ2) is 11.5. The molecule has 1 amide bonds. The first kappa shape index (κ1) is 28.8. The number of halogens is 1. The number of nitrogens with one attached hydrogen (secondary N) is 4. The summed E-state index contributed by atoms with van der Waals surface area (Å²) in [5.74, 6) is -0.379. The summed E-state index contributed by atoms with van der Waals surface area (Å²) in [5.41, 5.74) is 7.56. The normalized spacial score (nSPS) is 14.0. The Labute approximate surface area is 258 Å². The second-order valence-corrected chi connectivity index (χ2v) is 13.3. The van der Waals surface area contributed by atoms with Gasteiger partial charge in [-0.05, 0) is 78.1 Å². The van der Waals surface area contributed by atoms with Gasteiger partial charge >= 0.3 is 0 Å². The number of pyridine rings is 2. The lowest BCUT2D eigenvalue weighted by Gasteiger charge is -2.11. The molecule has 0 radical (unpaired) electrons. The van der Waals surface area contributed by atoms with E-state index in [1.807, 2.05) is 42.5 Å². The summed E-state index contributed by atoms with van der Waals surface area (Å²) in [4.78, 5) is 25.4. The number of rotatable bonds is 8. The summed E-state index contributed by atoms with van der Waals surface area (Å²) in [5, 5.41) is 11.5. The van der Waals surface area contributed by atoms with Gasteiger partial charge in [-0.2, -0.15) is 5.10 Å². The van der Waals surface area contributed by atoms with Crippen molar-refractivity contribution in [3.8, 4) is 33.8 Å². The van der Waals surface area contributed by atoms with Crippen molar-refractivity contribution in [2.24, 2.45) is 5.92 Å². The Kier molecular flexibility index (Phi) is 7.38. The molecule has 4 aromatic heterocycles. The van der Waals surface area contributed by atoms with Gasteiger partial charge in [-0.1, -0.05) is 25.0 Å². The van der Waals surface area contributed by atoms with Crippen molar-refractivity contribution in [1.82, 2.24) is 29.9 Å². The van der Waals surface area contributed by atoms with Crippen LogP contribution in [0.3, 0.4) is 0 Å². The molecule has 7 rings (SSSR count). The quantitative estimate of drug-likeness (QED) is 0.160. The molecule has 4 N–H and O–H groups in total. The number of sulfonamides is 1. The van der Waals surface area contributed by atoms with Gasteiger partial charge < -0.3 is 10.3 Å². The molecule has 1 fully saturated rings. The van der Waals surface area contributed by atoms with Crippen LogP contribution in [0.4, 0.5) is 10.1 Å². The standard InChI is InChI=1S/C33H30FN7O3S/c1-45(43,44)36-16-19-11-21(13-23(34)12-19)25-7-4-8-28-26(25)15-30(38-28)32-31-29(40-41-32)10-9-27(39-31)22-14-24(18-35-17-22)37-33(42)20-5-2-3-6-20/h4,7-15,17-18,20,36,38H,2-3,5-6,16H2,1H3,(H,37,42)(H,40,41). The Hall–Kier alpha value is -4.94. The molecular formula is C33H30FN7O3S. The zero-order valence-corrected chi connectivity index (χ0v) is 25.2. The highest BCUT2D eigenvalue weighted by Crippen LogP contribution is 2.35. The van der Waals surface area contributed by atoms with Crippen LogP contribution in [-0.4, -0.2) is 45.7 Å². The second-order valence-electron chi connectivity index (χ2n) is 11.5. The highest BCUT2D eigenvalue weighted by atomic mass is 32.2. The number of hydrogen-bond donors (Lipinski definition) is 4. The van der Waals surface area contributed by atoms with Crippen molar-refractivity contribution in [2.45, 2.75) is 32.2 Å². The molecule has 0 aliphatic heterocycles. The van der Waals surface area contributed by atoms with E-state index in [4.69, 9.17) is 4.98 Å². The number of nitrogens with zero attached hydrogens (tertiary/aromatic N) is 3. The SMILES string of the molecule is CS(=O)(=O)NCc1cc(F)cc(-c2cccc3[nH]c(-c4n[nH]c5ccc(-c6cncc(NC(=O)C7CCCC7)c6)nc45)cc23)c1. The van der Waals surface area contributed by atoms with Crippen LogP contribution in [0, 0.1) is 11.7 Å². The van der Waals surface area contributed by atoms with E-state index in [1.54, 1.807) is 18.5 Å². The number of carbonyl (C=O) groups is 1. The Morgan fingerprint density at radius 3 is 2.67 bits per heavy atom. The lowest BCUT2D eigenvalue weighted by atomic mass is 9.99. The van der Waals surface area contributed by atoms with Crippen LogP contribution in [0.2, 0.25) is 0 Å². The minimum absolute atomic E-state index is 0.0173. The zero-order valence-electron chi connectivity index (χ0n) is 24.4. The number of amides is 1. The van der Waals surface area contributed by atoms with E-state index in [9.17, 15) is 17.6 Å². The molecule has 1 saturated carbocycles. The van der Waals surface area contributed by atoms with Gasteiger partial charge in [0.15, 0.2) is 0 Å². The molecule has 2 aromatic carbocycles. The topological polar surface area (TPSA) is 146 Å². The van der Waals surface area contributed by atoms with Crippen molar-refractivity contribution >= 4 is 43.6 Å². The van der Waals surface area contributed by atoms with E-state index < -0.39 is 15.8 Å². The number of carbonyl (C=O) groups excluding carboxylic acids is 1. The monoisotopic (exact) mass is 623 g/mol. The van der Waals surface area contributed by atoms with E-state index in [2.05, 4.69) is 30.2 Å². The minimum Gasteiger partial charge on any atom is -0.353 e. The van der Waals surface area contributed by atoms with Gasteiger partial charge in [-0.15, -0.1) is 0 Å². The summed E-state index contributed by atoms with van der Waals surface area (Å²) >= 11 is 0. The number of H-pyrrole nitrogens is 2. The fourth-order valence-corrected chi connectivity index (χ4v) is 6.41. The van der Waals surface area contributed by atoms with Crippen LogP contribution in [-0.2, 0) is 21.4 Å². The summed E-state index contributed by atoms with van der Waals surface area (Å²) in [6.45, 7) is -0.0173. The van der Waals surface area contributed by atoms with E-state index in [0.29, 0.717) is 33.7 Å². The van der Waals surface area contributed by atoms with Gasteiger partial charge in [0.2, 0.25) is 15.9 Å². The molecule has 0 bridgehead atoms. The maximum Gasteiger partial charge on any atom is 0.227 e. The molecule has 0 saturated heterocycles. The number of fused-ring (bicyclic) bond motifs is 2. The largest absolute Gasteiger partial charge is 0.353 e. The first-order valence-electron chi connectivity index (χ1n) is 14.7. The Morgan fingerprint density at radius 2 is 1.84 bits per heavy atom. The molecule has 228 valence electrons. The van der Waals surface area contributed by atoms with Gasteiger partial charge in [0.1, 0.15) is 17.0 Å². The van der Waals surface area contributed by atoms with Crippen LogP contribution >= 0.6 is 0 Å². The van der Waals surface area contributed by atoms with Crippen LogP contribution in [0.25, 0.3) is 55.7 Å². The Bertz CT molecular complexity index is 2190. The highest BCUT2D eigenvalue weighted by molar-refractivity contribution is 7.88. The van der Waals surface area contributed by atoms with Crippen LogP contribution in [0.5, 0.6) is 0 Å². The van der Waals surface area contributed by atoms with E-state index in [0.717, 1.165) is 65.2 Å². The fourth-order valence-electron chi connectivity index (χ4n) is 5.99. The summed E-state index contributed by atoms with van der Waals surface area (Å²) in [7, 11) is -3.43. The molecule has 1 aliphatic carbocycles. The van der Waals surface area contributed by atoms with Gasteiger partial charge in [0.05, 0.1) is 35.0 Å². The van der Waals surface area contributed by atoms with Crippen molar-refractivity contribution in [3.63, 3.8) is 0 Å². The zero-order chi connectivity index (χ0) is 31.1. The van der Waals surface area contributed by atoms with Crippen molar-refractivity contribution in [2.75, 3.05) is 11.6 Å². The van der Waals surface area contributed by atoms with Crippen molar-refractivity contribution in [1.29, 1.82) is 0 Å². The van der Waals surface area contributed by atoms with Crippen LogP contribution in [0.1, 0.15) is 31.2 Å². The smallest absolute Gasteiger partial charge is 0.227 e. The molecule has 6 aromatic rings. The third-order valence-corrected chi connectivity index (χ3v) is 8.83. The number of aromatic nitrogens is 5. The minimum atomic E-state index is -3.43. The van der Waals surface area contributed by atoms with E-state index in [-0.39, 0.29) is 18.4 Å². The van der Waals surface area contributed by atoms with Crippen molar-refractivity contribution < 1.29 is 17.6 Å². The molecule has 1 aliphatic rings. The number of benzene rings is 2. The predicted octanol–water partition coefficient (Wildman–Crippen LogP) is 6.15. The number of aromatic amines is 2. The molecule has 45 heavy (non-hydrogen) atoms. The van der Waals surface area contributed by atoms with Gasteiger partial charge in [-0.3, -0.25) is 14.9 Å². The molecule has 0 spiro atoms. The lowest BCUT2D eigenvalue weighted by Crippen LogP contribution is -2.21. The molecular weight excluding hydrogens is 593 g/mol. The Morgan fingerprint density at radius 1 is 1.00 bits per heavy atom. The highest BCUT2D eigenvalue weighted by Gasteiger charge is 2.23. The van der Waals surface area contributed by atoms with Gasteiger partial charge in [-0.25, -0.2) is 22.5 Å². The summed E-state index contributed by atoms with van der Waals surface area (Å²) in [6.07, 6.45) is 8.43. The third-order valence-electron chi connectivity index (χ3n) is 8.16. The van der Waals surface area contributed by atoms with Crippen LogP contribution in [0.15, 0.2) is 73.1 Å². The number of hydrogen-bond acceptors (Lipinski definition) is 6. The maximum absolute atomic E-state index is 14.6. The summed E-state index contributed by atoms with van der Waals surface area (Å²) < 4.78 is 40.2. The molecule has 4 heterocycles. The first-order chi connectivity index (χ1) is 21.7. The average Bonchev–Trinajstić information content (AvgIpc) is 3.79. The lowest BCUT2D eigenvalue weighted by molar-refractivity contribution is -0.119. The van der Waals surface area contributed by atoms with Crippen molar-refractivity contribution in [3.05, 3.63) is 84.4 Å². The molecule has 12 heteroatoms.